The van der Waals surface area contributed by atoms with Gasteiger partial charge in [0, 0.05) is 41.8 Å². The van der Waals surface area contributed by atoms with E-state index in [1.165, 1.54) is 48.5 Å². The van der Waals surface area contributed by atoms with Crippen molar-refractivity contribution in [2.45, 2.75) is 36.0 Å². The number of alkyl halides is 14. The summed E-state index contributed by atoms with van der Waals surface area (Å²) in [6.45, 7) is 0. The number of ether oxygens (including phenoxy) is 2. The molecule has 0 radical (unpaired) electrons. The summed E-state index contributed by atoms with van der Waals surface area (Å²) in [6.07, 6.45) is -25.1. The van der Waals surface area contributed by atoms with Gasteiger partial charge < -0.3 is 27.7 Å². The van der Waals surface area contributed by atoms with Crippen LogP contribution in [-0.2, 0) is 34.9 Å². The molecular weight excluding hydrogens is 1030 g/mol. The van der Waals surface area contributed by atoms with Crippen molar-refractivity contribution < 1.29 is 89.6 Å². The first kappa shape index (κ1) is 50.4. The standard InChI is InChI=1S/C19H11BrClF7N2O3.C19H12ClF7N2O3/c1-30-14(17(22,18(23,24)25)19(26,27)28)6-10(20)15(30)12-7-13(33-29-12)8-3-4-11(21)9(5-8)16(31)32-2;1-29-13(5-6-15(29)17(21,18(22,23)24)19(25,26)27)12-8-14(32-28-12)9-3-4-11(20)10(7-9)16(30)31-2/h3-7H,1-2H3;3-8H,1-2H3. The zero-order chi connectivity index (χ0) is 49.0. The van der Waals surface area contributed by atoms with Crippen LogP contribution in [0.3, 0.4) is 0 Å². The van der Waals surface area contributed by atoms with Crippen molar-refractivity contribution in [3.8, 4) is 45.4 Å². The Bertz CT molecular complexity index is 2720. The number of hydrogen-bond donors (Lipinski definition) is 0. The molecule has 0 unspecified atom stereocenters. The number of esters is 2. The third-order valence-corrected chi connectivity index (χ3v) is 10.7. The molecule has 27 heteroatoms. The maximum Gasteiger partial charge on any atom is 0.437 e. The van der Waals surface area contributed by atoms with E-state index in [2.05, 4.69) is 35.7 Å². The Balaban J connectivity index is 0.000000244. The number of carbonyl (C=O) groups excluding carboxylic acids is 2. The lowest BCUT2D eigenvalue weighted by molar-refractivity contribution is -0.351. The molecule has 350 valence electrons. The van der Waals surface area contributed by atoms with E-state index in [9.17, 15) is 71.1 Å². The van der Waals surface area contributed by atoms with Crippen LogP contribution in [-0.4, -0.2) is 70.3 Å². The fourth-order valence-electron chi connectivity index (χ4n) is 6.15. The Hall–Kier alpha value is -5.56. The van der Waals surface area contributed by atoms with Crippen LogP contribution in [0.1, 0.15) is 32.1 Å². The highest BCUT2D eigenvalue weighted by atomic mass is 79.9. The minimum absolute atomic E-state index is 0.000348. The molecule has 0 N–H and O–H groups in total. The van der Waals surface area contributed by atoms with Crippen LogP contribution in [0.4, 0.5) is 61.5 Å². The topological polar surface area (TPSA) is 115 Å². The number of carbonyl (C=O) groups is 2. The highest BCUT2D eigenvalue weighted by molar-refractivity contribution is 9.10. The van der Waals surface area contributed by atoms with Crippen LogP contribution >= 0.6 is 39.1 Å². The Labute approximate surface area is 372 Å². The Morgan fingerprint density at radius 1 is 0.569 bits per heavy atom. The number of rotatable bonds is 8. The monoisotopic (exact) mass is 1050 g/mol. The van der Waals surface area contributed by atoms with Gasteiger partial charge in [-0.05, 0) is 70.5 Å². The van der Waals surface area contributed by atoms with Gasteiger partial charge in [-0.3, -0.25) is 0 Å². The van der Waals surface area contributed by atoms with Crippen LogP contribution in [0.5, 0.6) is 0 Å². The fourth-order valence-corrected chi connectivity index (χ4v) is 7.23. The zero-order valence-electron chi connectivity index (χ0n) is 32.5. The number of aromatic nitrogens is 4. The lowest BCUT2D eigenvalue weighted by Gasteiger charge is -2.30. The van der Waals surface area contributed by atoms with Crippen molar-refractivity contribution in [1.29, 1.82) is 0 Å². The number of methoxy groups -OCH3 is 2. The van der Waals surface area contributed by atoms with Gasteiger partial charge in [-0.2, -0.15) is 52.7 Å². The fraction of sp³-hybridized carbons (Fsp3) is 0.263. The molecular formula is C38H23BrCl2F14N4O6. The van der Waals surface area contributed by atoms with Gasteiger partial charge in [0.2, 0.25) is 0 Å². The molecule has 0 saturated heterocycles. The second kappa shape index (κ2) is 17.7. The Morgan fingerprint density at radius 3 is 1.38 bits per heavy atom. The van der Waals surface area contributed by atoms with Gasteiger partial charge in [0.05, 0.1) is 58.2 Å². The summed E-state index contributed by atoms with van der Waals surface area (Å²) < 4.78 is 207. The van der Waals surface area contributed by atoms with Crippen LogP contribution in [0, 0.1) is 0 Å². The van der Waals surface area contributed by atoms with Gasteiger partial charge in [-0.25, -0.2) is 18.4 Å². The van der Waals surface area contributed by atoms with Crippen molar-refractivity contribution in [2.24, 2.45) is 14.1 Å². The van der Waals surface area contributed by atoms with Gasteiger partial charge in [-0.15, -0.1) is 0 Å². The molecule has 0 spiro atoms. The summed E-state index contributed by atoms with van der Waals surface area (Å²) in [4.78, 5) is 23.6. The van der Waals surface area contributed by atoms with E-state index in [1.54, 1.807) is 0 Å². The summed E-state index contributed by atoms with van der Waals surface area (Å²) in [7, 11) is 3.93. The highest BCUT2D eigenvalue weighted by Crippen LogP contribution is 2.56. The van der Waals surface area contributed by atoms with E-state index in [1.807, 2.05) is 0 Å². The summed E-state index contributed by atoms with van der Waals surface area (Å²) in [6, 6.07) is 12.2. The molecule has 0 aliphatic heterocycles. The number of benzene rings is 2. The highest BCUT2D eigenvalue weighted by Gasteiger charge is 2.76. The van der Waals surface area contributed by atoms with Crippen LogP contribution < -0.4 is 0 Å². The number of nitrogens with zero attached hydrogens (tertiary/aromatic N) is 4. The Kier molecular flexibility index (Phi) is 13.7. The molecule has 0 aliphatic rings. The average Bonchev–Trinajstić information content (AvgIpc) is 4.02. The molecule has 6 rings (SSSR count). The molecule has 65 heavy (non-hydrogen) atoms. The first-order chi connectivity index (χ1) is 29.8. The lowest BCUT2D eigenvalue weighted by atomic mass is 10.0. The number of hydrogen-bond acceptors (Lipinski definition) is 8. The minimum atomic E-state index is -6.28. The summed E-state index contributed by atoms with van der Waals surface area (Å²) in [5, 5.41) is 7.44. The van der Waals surface area contributed by atoms with Gasteiger partial charge >= 0.3 is 48.0 Å². The molecule has 4 aromatic heterocycles. The van der Waals surface area contributed by atoms with Crippen molar-refractivity contribution in [3.05, 3.63) is 104 Å². The molecule has 0 saturated carbocycles. The average molecular weight is 1050 g/mol. The van der Waals surface area contributed by atoms with Crippen LogP contribution in [0.25, 0.3) is 45.4 Å². The Morgan fingerprint density at radius 2 is 0.969 bits per heavy atom. The first-order valence-electron chi connectivity index (χ1n) is 17.2. The van der Waals surface area contributed by atoms with E-state index in [4.69, 9.17) is 32.2 Å². The molecule has 4 heterocycles. The molecule has 0 fully saturated rings. The maximum atomic E-state index is 14.6. The van der Waals surface area contributed by atoms with Crippen LogP contribution in [0.15, 0.2) is 80.2 Å². The van der Waals surface area contributed by atoms with E-state index >= 15 is 0 Å². The SMILES string of the molecule is COC(=O)c1cc(-c2cc(-c3c(Br)cc(C(F)(C(F)(F)F)C(F)(F)F)n3C)no2)ccc1Cl.COC(=O)c1cc(-c2cc(-c3ccc(C(F)(C(F)(F)F)C(F)(F)F)n3C)no2)ccc1Cl. The quantitative estimate of drug-likeness (QED) is 0.109. The van der Waals surface area contributed by atoms with Gasteiger partial charge in [0.15, 0.2) is 11.5 Å². The smallest absolute Gasteiger partial charge is 0.437 e. The molecule has 6 aromatic rings. The summed E-state index contributed by atoms with van der Waals surface area (Å²) >= 11 is 14.7. The van der Waals surface area contributed by atoms with Gasteiger partial charge in [-0.1, -0.05) is 33.5 Å². The molecule has 0 aliphatic carbocycles. The largest absolute Gasteiger partial charge is 0.465 e. The van der Waals surface area contributed by atoms with Gasteiger partial charge in [0.1, 0.15) is 11.4 Å². The molecule has 0 atom stereocenters. The van der Waals surface area contributed by atoms with E-state index in [-0.39, 0.29) is 71.1 Å². The predicted octanol–water partition coefficient (Wildman–Crippen LogP) is 12.9. The van der Waals surface area contributed by atoms with Crippen LogP contribution in [0.2, 0.25) is 10.0 Å². The molecule has 2 aromatic carbocycles. The molecule has 10 nitrogen and oxygen atoms in total. The third kappa shape index (κ3) is 9.05. The third-order valence-electron chi connectivity index (χ3n) is 9.41. The van der Waals surface area contributed by atoms with Crippen molar-refractivity contribution >= 4 is 51.1 Å². The minimum Gasteiger partial charge on any atom is -0.465 e. The first-order valence-corrected chi connectivity index (χ1v) is 18.8. The lowest BCUT2D eigenvalue weighted by Crippen LogP contribution is -2.51. The van der Waals surface area contributed by atoms with Crippen molar-refractivity contribution in [1.82, 2.24) is 19.4 Å². The van der Waals surface area contributed by atoms with Gasteiger partial charge in [0.25, 0.3) is 0 Å². The molecule has 0 amide bonds. The molecule has 0 bridgehead atoms. The second-order valence-corrected chi connectivity index (χ2v) is 14.9. The van der Waals surface area contributed by atoms with Crippen molar-refractivity contribution in [3.63, 3.8) is 0 Å². The van der Waals surface area contributed by atoms with Crippen molar-refractivity contribution in [2.75, 3.05) is 14.2 Å². The zero-order valence-corrected chi connectivity index (χ0v) is 35.6. The van der Waals surface area contributed by atoms with E-state index in [0.717, 1.165) is 34.4 Å². The predicted molar refractivity (Wildman–Crippen MR) is 203 cm³/mol. The summed E-state index contributed by atoms with van der Waals surface area (Å²) in [5.74, 6) is -1.49. The second-order valence-electron chi connectivity index (χ2n) is 13.3. The normalized spacial score (nSPS) is 12.8. The summed E-state index contributed by atoms with van der Waals surface area (Å²) in [5.41, 5.74) is -15.0. The van der Waals surface area contributed by atoms with E-state index < -0.39 is 59.4 Å². The maximum absolute atomic E-state index is 14.6. The van der Waals surface area contributed by atoms with E-state index in [0.29, 0.717) is 21.3 Å². The number of halogens is 17.